The zero-order valence-corrected chi connectivity index (χ0v) is 16.6. The first-order chi connectivity index (χ1) is 12.8. The van der Waals surface area contributed by atoms with Gasteiger partial charge in [-0.2, -0.15) is 0 Å². The number of nitrogens with two attached hydrogens (primary N) is 1. The summed E-state index contributed by atoms with van der Waals surface area (Å²) in [7, 11) is 0. The topological polar surface area (TPSA) is 92.9 Å². The van der Waals surface area contributed by atoms with Gasteiger partial charge in [-0.15, -0.1) is 0 Å². The van der Waals surface area contributed by atoms with Crippen LogP contribution in [0.25, 0.3) is 11.0 Å². The van der Waals surface area contributed by atoms with Crippen LogP contribution in [0.4, 0.5) is 0 Å². The Kier molecular flexibility index (Phi) is 6.05. The number of nitrogens with zero attached hydrogens (tertiary/aromatic N) is 1. The summed E-state index contributed by atoms with van der Waals surface area (Å²) in [5.74, 6) is 0.262. The van der Waals surface area contributed by atoms with Gasteiger partial charge in [0.25, 0.3) is 0 Å². The number of nitrogens with one attached hydrogen (secondary N) is 2. The number of H-pyrrole nitrogens is 1. The number of fused-ring (bicyclic) bond motifs is 1. The van der Waals surface area contributed by atoms with Gasteiger partial charge in [0.05, 0.1) is 11.0 Å². The second kappa shape index (κ2) is 8.30. The quantitative estimate of drug-likeness (QED) is 0.696. The van der Waals surface area contributed by atoms with E-state index in [9.17, 15) is 9.59 Å². The maximum absolute atomic E-state index is 12.5. The predicted molar refractivity (Wildman–Crippen MR) is 109 cm³/mol. The van der Waals surface area contributed by atoms with E-state index >= 15 is 0 Å². The van der Waals surface area contributed by atoms with Crippen LogP contribution in [0.2, 0.25) is 0 Å². The van der Waals surface area contributed by atoms with Gasteiger partial charge in [-0.05, 0) is 69.6 Å². The fourth-order valence-electron chi connectivity index (χ4n) is 4.22. The minimum absolute atomic E-state index is 0.103. The molecule has 0 bridgehead atoms. The van der Waals surface area contributed by atoms with Crippen molar-refractivity contribution in [2.75, 3.05) is 0 Å². The molecule has 6 heteroatoms. The van der Waals surface area contributed by atoms with Crippen LogP contribution in [0.5, 0.6) is 0 Å². The van der Waals surface area contributed by atoms with E-state index in [1.54, 1.807) is 12.1 Å². The third-order valence-corrected chi connectivity index (χ3v) is 5.76. The largest absolute Gasteiger partial charge is 0.366 e. The lowest BCUT2D eigenvalue weighted by atomic mass is 9.90. The number of carbonyl (C=O) groups excluding carboxylic acids is 1. The third-order valence-electron chi connectivity index (χ3n) is 5.76. The van der Waals surface area contributed by atoms with Crippen molar-refractivity contribution in [1.82, 2.24) is 14.9 Å². The van der Waals surface area contributed by atoms with Crippen LogP contribution >= 0.6 is 0 Å². The number of rotatable bonds is 7. The van der Waals surface area contributed by atoms with E-state index in [4.69, 9.17) is 5.73 Å². The summed E-state index contributed by atoms with van der Waals surface area (Å²) in [6, 6.07) is 6.46. The van der Waals surface area contributed by atoms with E-state index in [0.717, 1.165) is 37.1 Å². The SMILES string of the molecule is CC(C)CCC(C)NC1CCC(n2c(=O)[nH]c3cc(C(N)=O)ccc32)CC1. The molecule has 1 amide bonds. The standard InChI is InChI=1S/C21H32N4O2/c1-13(2)4-5-14(3)23-16-7-9-17(10-8-16)25-19-11-6-15(20(22)26)12-18(19)24-21(25)27/h6,11-14,16-17,23H,4-5,7-10H2,1-3H3,(H2,22,26)(H,24,27). The number of hydrogen-bond donors (Lipinski definition) is 3. The molecule has 0 spiro atoms. The summed E-state index contributed by atoms with van der Waals surface area (Å²) in [5, 5.41) is 3.77. The molecule has 1 fully saturated rings. The van der Waals surface area contributed by atoms with Crippen molar-refractivity contribution in [3.63, 3.8) is 0 Å². The van der Waals surface area contributed by atoms with Crippen LogP contribution in [-0.4, -0.2) is 27.5 Å². The molecule has 1 unspecified atom stereocenters. The van der Waals surface area contributed by atoms with Gasteiger partial charge in [0.1, 0.15) is 0 Å². The number of aromatic nitrogens is 2. The minimum Gasteiger partial charge on any atom is -0.366 e. The number of imidazole rings is 1. The smallest absolute Gasteiger partial charge is 0.326 e. The monoisotopic (exact) mass is 372 g/mol. The summed E-state index contributed by atoms with van der Waals surface area (Å²) >= 11 is 0. The molecule has 4 N–H and O–H groups in total. The average Bonchev–Trinajstić information content (AvgIpc) is 2.95. The lowest BCUT2D eigenvalue weighted by Gasteiger charge is -2.32. The fraction of sp³-hybridized carbons (Fsp3) is 0.619. The maximum Gasteiger partial charge on any atom is 0.326 e. The number of primary amides is 1. The van der Waals surface area contributed by atoms with E-state index in [-0.39, 0.29) is 11.7 Å². The van der Waals surface area contributed by atoms with E-state index < -0.39 is 5.91 Å². The molecule has 2 aromatic rings. The van der Waals surface area contributed by atoms with E-state index in [2.05, 4.69) is 31.1 Å². The zero-order valence-electron chi connectivity index (χ0n) is 16.6. The number of hydrogen-bond acceptors (Lipinski definition) is 3. The third kappa shape index (κ3) is 4.61. The van der Waals surface area contributed by atoms with Gasteiger partial charge in [-0.3, -0.25) is 9.36 Å². The van der Waals surface area contributed by atoms with Gasteiger partial charge in [-0.25, -0.2) is 4.79 Å². The molecule has 1 atom stereocenters. The van der Waals surface area contributed by atoms with Crippen molar-refractivity contribution in [2.24, 2.45) is 11.7 Å². The Hall–Kier alpha value is -2.08. The highest BCUT2D eigenvalue weighted by atomic mass is 16.1. The van der Waals surface area contributed by atoms with Crippen LogP contribution in [0.15, 0.2) is 23.0 Å². The molecule has 1 heterocycles. The van der Waals surface area contributed by atoms with Gasteiger partial charge in [0.15, 0.2) is 0 Å². The van der Waals surface area contributed by atoms with E-state index in [1.165, 1.54) is 12.8 Å². The summed E-state index contributed by atoms with van der Waals surface area (Å²) in [4.78, 5) is 26.7. The van der Waals surface area contributed by atoms with Crippen LogP contribution in [0, 0.1) is 5.92 Å². The van der Waals surface area contributed by atoms with Crippen molar-refractivity contribution in [3.05, 3.63) is 34.2 Å². The number of carbonyl (C=O) groups is 1. The Balaban J connectivity index is 1.65. The molecule has 1 saturated carbocycles. The van der Waals surface area contributed by atoms with E-state index in [1.807, 2.05) is 10.6 Å². The minimum atomic E-state index is -0.483. The van der Waals surface area contributed by atoms with Crippen molar-refractivity contribution < 1.29 is 4.79 Å². The molecule has 6 nitrogen and oxygen atoms in total. The molecule has 0 saturated heterocycles. The first-order valence-corrected chi connectivity index (χ1v) is 10.1. The molecule has 27 heavy (non-hydrogen) atoms. The second-order valence-electron chi connectivity index (χ2n) is 8.44. The van der Waals surface area contributed by atoms with Crippen LogP contribution in [-0.2, 0) is 0 Å². The Morgan fingerprint density at radius 1 is 1.22 bits per heavy atom. The normalized spacial score (nSPS) is 21.6. The number of aromatic amines is 1. The number of benzene rings is 1. The molecule has 1 aliphatic rings. The van der Waals surface area contributed by atoms with Crippen LogP contribution in [0.3, 0.4) is 0 Å². The van der Waals surface area contributed by atoms with E-state index in [0.29, 0.717) is 23.2 Å². The lowest BCUT2D eigenvalue weighted by Crippen LogP contribution is -2.40. The Bertz CT molecular complexity index is 843. The molecule has 0 aliphatic heterocycles. The predicted octanol–water partition coefficient (Wildman–Crippen LogP) is 3.33. The highest BCUT2D eigenvalue weighted by molar-refractivity contribution is 5.96. The maximum atomic E-state index is 12.5. The lowest BCUT2D eigenvalue weighted by molar-refractivity contribution is 0.100. The molecule has 1 aromatic carbocycles. The highest BCUT2D eigenvalue weighted by Gasteiger charge is 2.25. The zero-order chi connectivity index (χ0) is 19.6. The summed E-state index contributed by atoms with van der Waals surface area (Å²) < 4.78 is 1.86. The second-order valence-corrected chi connectivity index (χ2v) is 8.44. The van der Waals surface area contributed by atoms with Gasteiger partial charge < -0.3 is 16.0 Å². The molecule has 1 aliphatic carbocycles. The molecule has 1 aromatic heterocycles. The Morgan fingerprint density at radius 3 is 2.56 bits per heavy atom. The van der Waals surface area contributed by atoms with Gasteiger partial charge in [-0.1, -0.05) is 13.8 Å². The molecular formula is C21H32N4O2. The molecular weight excluding hydrogens is 340 g/mol. The molecule has 3 rings (SSSR count). The van der Waals surface area contributed by atoms with Crippen molar-refractivity contribution in [2.45, 2.75) is 77.4 Å². The summed E-state index contributed by atoms with van der Waals surface area (Å²) in [6.45, 7) is 6.81. The van der Waals surface area contributed by atoms with Crippen molar-refractivity contribution >= 4 is 16.9 Å². The molecule has 0 radical (unpaired) electrons. The van der Waals surface area contributed by atoms with Crippen LogP contribution in [0.1, 0.15) is 75.7 Å². The molecule has 148 valence electrons. The fourth-order valence-corrected chi connectivity index (χ4v) is 4.22. The van der Waals surface area contributed by atoms with Gasteiger partial charge in [0.2, 0.25) is 5.91 Å². The summed E-state index contributed by atoms with van der Waals surface area (Å²) in [5.41, 5.74) is 7.19. The Morgan fingerprint density at radius 2 is 1.93 bits per heavy atom. The number of amides is 1. The highest BCUT2D eigenvalue weighted by Crippen LogP contribution is 2.30. The van der Waals surface area contributed by atoms with Crippen molar-refractivity contribution in [1.29, 1.82) is 0 Å². The Labute approximate surface area is 160 Å². The van der Waals surface area contributed by atoms with Gasteiger partial charge in [0, 0.05) is 23.7 Å². The van der Waals surface area contributed by atoms with Crippen LogP contribution < -0.4 is 16.7 Å². The first kappa shape index (κ1) is 19.7. The first-order valence-electron chi connectivity index (χ1n) is 10.1. The van der Waals surface area contributed by atoms with Gasteiger partial charge >= 0.3 is 5.69 Å². The summed E-state index contributed by atoms with van der Waals surface area (Å²) in [6.07, 6.45) is 6.59. The van der Waals surface area contributed by atoms with Crippen molar-refractivity contribution in [3.8, 4) is 0 Å². The average molecular weight is 373 g/mol.